The molecule has 0 bridgehead atoms. The molecule has 0 aromatic rings. The van der Waals surface area contributed by atoms with Gasteiger partial charge in [-0.2, -0.15) is 0 Å². The minimum atomic E-state index is 0.248. The zero-order chi connectivity index (χ0) is 12.6. The molecule has 0 saturated heterocycles. The fraction of sp³-hybridized carbons (Fsp3) is 0.933. The van der Waals surface area contributed by atoms with Gasteiger partial charge in [0, 0.05) is 11.8 Å². The molecule has 16 heavy (non-hydrogen) atoms. The van der Waals surface area contributed by atoms with E-state index in [4.69, 9.17) is 0 Å². The molecule has 1 aliphatic rings. The van der Waals surface area contributed by atoms with Gasteiger partial charge in [-0.1, -0.05) is 60.3 Å². The zero-order valence-corrected chi connectivity index (χ0v) is 11.9. The molecule has 0 N–H and O–H groups in total. The Balaban J connectivity index is 0.000000385. The van der Waals surface area contributed by atoms with Gasteiger partial charge in [0.1, 0.15) is 5.78 Å². The molecule has 0 spiro atoms. The maximum absolute atomic E-state index is 11.5. The van der Waals surface area contributed by atoms with Gasteiger partial charge in [0.15, 0.2) is 0 Å². The first-order chi connectivity index (χ1) is 7.49. The normalized spacial score (nSPS) is 17.2. The number of carbonyl (C=O) groups is 1. The van der Waals surface area contributed by atoms with Crippen LogP contribution in [-0.2, 0) is 4.79 Å². The molecule has 1 aliphatic carbocycles. The molecule has 0 unspecified atom stereocenters. The lowest BCUT2D eigenvalue weighted by Crippen LogP contribution is -2.21. The Morgan fingerprint density at radius 2 is 1.50 bits per heavy atom. The highest BCUT2D eigenvalue weighted by Gasteiger charge is 2.22. The molecule has 1 fully saturated rings. The molecule has 0 amide bonds. The third kappa shape index (κ3) is 7.03. The van der Waals surface area contributed by atoms with Gasteiger partial charge in [0.2, 0.25) is 0 Å². The predicted molar refractivity (Wildman–Crippen MR) is 71.5 cm³/mol. The third-order valence-corrected chi connectivity index (χ3v) is 3.39. The molecule has 1 rings (SSSR count). The largest absolute Gasteiger partial charge is 0.299 e. The van der Waals surface area contributed by atoms with Crippen LogP contribution in [0.2, 0.25) is 0 Å². The van der Waals surface area contributed by atoms with Gasteiger partial charge in [-0.05, 0) is 18.8 Å². The van der Waals surface area contributed by atoms with Gasteiger partial charge in [0.25, 0.3) is 0 Å². The molecule has 0 aliphatic heterocycles. The SMILES string of the molecule is CC(C)C(=O)C1CCCCC1.CCC(C)C. The van der Waals surface area contributed by atoms with Crippen molar-refractivity contribution < 1.29 is 4.79 Å². The maximum Gasteiger partial charge on any atom is 0.138 e. The third-order valence-electron chi connectivity index (χ3n) is 3.39. The second-order valence-electron chi connectivity index (χ2n) is 5.69. The van der Waals surface area contributed by atoms with Crippen molar-refractivity contribution in [3.8, 4) is 0 Å². The van der Waals surface area contributed by atoms with Crippen LogP contribution in [0.1, 0.15) is 73.1 Å². The Kier molecular flexibility index (Phi) is 8.60. The van der Waals surface area contributed by atoms with Crippen LogP contribution in [0.25, 0.3) is 0 Å². The van der Waals surface area contributed by atoms with E-state index in [2.05, 4.69) is 20.8 Å². The number of Topliss-reactive ketones (excluding diaryl/α,β-unsaturated/α-hetero) is 1. The molecular formula is C15H30O. The monoisotopic (exact) mass is 226 g/mol. The van der Waals surface area contributed by atoms with E-state index in [1.807, 2.05) is 13.8 Å². The van der Waals surface area contributed by atoms with Crippen molar-refractivity contribution >= 4 is 5.78 Å². The van der Waals surface area contributed by atoms with Crippen LogP contribution in [0.15, 0.2) is 0 Å². The molecule has 1 saturated carbocycles. The summed E-state index contributed by atoms with van der Waals surface area (Å²) in [5.41, 5.74) is 0. The van der Waals surface area contributed by atoms with Crippen molar-refractivity contribution in [1.82, 2.24) is 0 Å². The van der Waals surface area contributed by atoms with Crippen LogP contribution in [0.4, 0.5) is 0 Å². The van der Waals surface area contributed by atoms with Gasteiger partial charge in [-0.3, -0.25) is 4.79 Å². The average molecular weight is 226 g/mol. The summed E-state index contributed by atoms with van der Waals surface area (Å²) in [7, 11) is 0. The topological polar surface area (TPSA) is 17.1 Å². The van der Waals surface area contributed by atoms with Crippen LogP contribution >= 0.6 is 0 Å². The van der Waals surface area contributed by atoms with E-state index in [0.29, 0.717) is 11.7 Å². The van der Waals surface area contributed by atoms with Gasteiger partial charge >= 0.3 is 0 Å². The van der Waals surface area contributed by atoms with Gasteiger partial charge < -0.3 is 0 Å². The fourth-order valence-corrected chi connectivity index (χ4v) is 1.86. The number of carbonyl (C=O) groups excluding carboxylic acids is 1. The maximum atomic E-state index is 11.5. The molecule has 0 atom stereocenters. The first kappa shape index (κ1) is 15.7. The molecule has 0 heterocycles. The summed E-state index contributed by atoms with van der Waals surface area (Å²) in [6, 6.07) is 0. The summed E-state index contributed by atoms with van der Waals surface area (Å²) in [4.78, 5) is 11.5. The van der Waals surface area contributed by atoms with Gasteiger partial charge in [-0.15, -0.1) is 0 Å². The first-order valence-electron chi connectivity index (χ1n) is 7.02. The summed E-state index contributed by atoms with van der Waals surface area (Å²) >= 11 is 0. The van der Waals surface area contributed by atoms with Crippen molar-refractivity contribution in [3.63, 3.8) is 0 Å². The highest BCUT2D eigenvalue weighted by atomic mass is 16.1. The fourth-order valence-electron chi connectivity index (χ4n) is 1.86. The highest BCUT2D eigenvalue weighted by Crippen LogP contribution is 2.26. The Hall–Kier alpha value is -0.330. The quantitative estimate of drug-likeness (QED) is 0.672. The lowest BCUT2D eigenvalue weighted by molar-refractivity contribution is -0.126. The van der Waals surface area contributed by atoms with Crippen LogP contribution < -0.4 is 0 Å². The lowest BCUT2D eigenvalue weighted by atomic mass is 9.83. The summed E-state index contributed by atoms with van der Waals surface area (Å²) < 4.78 is 0. The number of hydrogen-bond acceptors (Lipinski definition) is 1. The summed E-state index contributed by atoms with van der Waals surface area (Å²) in [6.07, 6.45) is 7.47. The molecule has 1 heteroatoms. The van der Waals surface area contributed by atoms with Crippen molar-refractivity contribution in [3.05, 3.63) is 0 Å². The van der Waals surface area contributed by atoms with Crippen molar-refractivity contribution in [2.24, 2.45) is 17.8 Å². The zero-order valence-electron chi connectivity index (χ0n) is 11.9. The van der Waals surface area contributed by atoms with E-state index in [9.17, 15) is 4.79 Å². The number of hydrogen-bond donors (Lipinski definition) is 0. The minimum absolute atomic E-state index is 0.248. The van der Waals surface area contributed by atoms with Crippen LogP contribution in [0.5, 0.6) is 0 Å². The van der Waals surface area contributed by atoms with Gasteiger partial charge in [0.05, 0.1) is 0 Å². The van der Waals surface area contributed by atoms with Crippen molar-refractivity contribution in [1.29, 1.82) is 0 Å². The predicted octanol–water partition coefficient (Wildman–Crippen LogP) is 4.84. The summed E-state index contributed by atoms with van der Waals surface area (Å²) in [6.45, 7) is 10.7. The van der Waals surface area contributed by atoms with Crippen LogP contribution in [0, 0.1) is 17.8 Å². The molecule has 0 aromatic carbocycles. The van der Waals surface area contributed by atoms with Crippen molar-refractivity contribution in [2.45, 2.75) is 73.1 Å². The Labute approximate surface area is 102 Å². The Morgan fingerprint density at radius 3 is 1.81 bits per heavy atom. The van der Waals surface area contributed by atoms with E-state index in [1.165, 1.54) is 25.7 Å². The summed E-state index contributed by atoms with van der Waals surface area (Å²) in [5, 5.41) is 0. The average Bonchev–Trinajstić information content (AvgIpc) is 2.29. The van der Waals surface area contributed by atoms with Gasteiger partial charge in [-0.25, -0.2) is 0 Å². The van der Waals surface area contributed by atoms with E-state index in [0.717, 1.165) is 18.8 Å². The number of ketones is 1. The second-order valence-corrected chi connectivity index (χ2v) is 5.69. The highest BCUT2D eigenvalue weighted by molar-refractivity contribution is 5.82. The molecule has 96 valence electrons. The van der Waals surface area contributed by atoms with E-state index < -0.39 is 0 Å². The second kappa shape index (κ2) is 8.78. The summed E-state index contributed by atoms with van der Waals surface area (Å²) in [5.74, 6) is 2.03. The smallest absolute Gasteiger partial charge is 0.138 e. The number of rotatable bonds is 3. The van der Waals surface area contributed by atoms with E-state index in [-0.39, 0.29) is 5.92 Å². The van der Waals surface area contributed by atoms with Crippen LogP contribution in [0.3, 0.4) is 0 Å². The molecule has 0 aromatic heterocycles. The van der Waals surface area contributed by atoms with Crippen molar-refractivity contribution in [2.75, 3.05) is 0 Å². The first-order valence-corrected chi connectivity index (χ1v) is 7.02. The van der Waals surface area contributed by atoms with E-state index >= 15 is 0 Å². The molecule has 0 radical (unpaired) electrons. The standard InChI is InChI=1S/C10H18O.C5H12/c1-8(2)10(11)9-6-4-3-5-7-9;1-4-5(2)3/h8-9H,3-7H2,1-2H3;5H,4H2,1-3H3. The Bertz CT molecular complexity index is 176. The minimum Gasteiger partial charge on any atom is -0.299 e. The lowest BCUT2D eigenvalue weighted by Gasteiger charge is -2.21. The molecular weight excluding hydrogens is 196 g/mol. The Morgan fingerprint density at radius 1 is 1.06 bits per heavy atom. The van der Waals surface area contributed by atoms with E-state index in [1.54, 1.807) is 0 Å². The van der Waals surface area contributed by atoms with Crippen LogP contribution in [-0.4, -0.2) is 5.78 Å². The molecule has 1 nitrogen and oxygen atoms in total.